The molecule has 26 heavy (non-hydrogen) atoms. The number of hydrogen-bond acceptors (Lipinski definition) is 5. The van der Waals surface area contributed by atoms with Crippen molar-refractivity contribution in [3.05, 3.63) is 59.1 Å². The molecule has 0 unspecified atom stereocenters. The zero-order valence-electron chi connectivity index (χ0n) is 14.1. The van der Waals surface area contributed by atoms with Gasteiger partial charge < -0.3 is 10.1 Å². The van der Waals surface area contributed by atoms with Crippen molar-refractivity contribution in [2.75, 3.05) is 23.4 Å². The molecule has 2 rings (SSSR count). The summed E-state index contributed by atoms with van der Waals surface area (Å²) in [6, 6.07) is 12.4. The predicted molar refractivity (Wildman–Crippen MR) is 101 cm³/mol. The highest BCUT2D eigenvalue weighted by atomic mass is 35.5. The van der Waals surface area contributed by atoms with E-state index in [-0.39, 0.29) is 5.56 Å². The fraction of sp³-hybridized carbons (Fsp3) is 0.222. The van der Waals surface area contributed by atoms with Crippen LogP contribution in [0.2, 0.25) is 5.02 Å². The molecule has 0 fully saturated rings. The number of rotatable bonds is 8. The van der Waals surface area contributed by atoms with Gasteiger partial charge in [-0.25, -0.2) is 8.42 Å². The Kier molecular flexibility index (Phi) is 6.76. The Balaban J connectivity index is 1.94. The number of anilines is 1. The van der Waals surface area contributed by atoms with Crippen molar-refractivity contribution in [2.45, 2.75) is 6.92 Å². The third-order valence-corrected chi connectivity index (χ3v) is 4.97. The van der Waals surface area contributed by atoms with Gasteiger partial charge in [0.1, 0.15) is 17.3 Å². The van der Waals surface area contributed by atoms with Crippen LogP contribution in [0.5, 0.6) is 5.75 Å². The van der Waals surface area contributed by atoms with E-state index in [1.165, 1.54) is 24.3 Å². The molecule has 0 saturated heterocycles. The van der Waals surface area contributed by atoms with E-state index in [9.17, 15) is 18.0 Å². The molecule has 8 heteroatoms. The van der Waals surface area contributed by atoms with E-state index in [0.717, 1.165) is 0 Å². The molecule has 1 amide bonds. The van der Waals surface area contributed by atoms with Gasteiger partial charge in [-0.15, -0.1) is 0 Å². The number of Topliss-reactive ketones (excluding diaryl/α,β-unsaturated/α-hetero) is 1. The maximum atomic E-state index is 12.1. The zero-order valence-corrected chi connectivity index (χ0v) is 15.6. The molecule has 2 aromatic rings. The Morgan fingerprint density at radius 2 is 1.62 bits per heavy atom. The molecule has 0 atom stereocenters. The van der Waals surface area contributed by atoms with E-state index >= 15 is 0 Å². The fourth-order valence-electron chi connectivity index (χ4n) is 2.17. The third kappa shape index (κ3) is 6.16. The molecule has 0 heterocycles. The van der Waals surface area contributed by atoms with Crippen LogP contribution in [0.3, 0.4) is 0 Å². The number of hydrogen-bond donors (Lipinski definition) is 1. The Morgan fingerprint density at radius 1 is 1.00 bits per heavy atom. The van der Waals surface area contributed by atoms with Crippen LogP contribution in [0, 0.1) is 0 Å². The molecule has 0 aromatic heterocycles. The number of sulfone groups is 1. The minimum absolute atomic E-state index is 0.227. The highest BCUT2D eigenvalue weighted by molar-refractivity contribution is 7.92. The SMILES string of the molecule is CCOc1ccc(NC(=O)CS(=O)(=O)CC(=O)c2ccc(Cl)cc2)cc1. The number of halogens is 1. The second-order valence-corrected chi connectivity index (χ2v) is 7.97. The average Bonchev–Trinajstić information content (AvgIpc) is 2.56. The molecule has 138 valence electrons. The zero-order chi connectivity index (χ0) is 19.2. The topological polar surface area (TPSA) is 89.5 Å². The molecule has 0 bridgehead atoms. The maximum absolute atomic E-state index is 12.1. The van der Waals surface area contributed by atoms with Gasteiger partial charge in [-0.05, 0) is 55.5 Å². The summed E-state index contributed by atoms with van der Waals surface area (Å²) < 4.78 is 29.5. The van der Waals surface area contributed by atoms with Crippen molar-refractivity contribution in [3.8, 4) is 5.75 Å². The van der Waals surface area contributed by atoms with Crippen LogP contribution in [-0.4, -0.2) is 38.2 Å². The van der Waals surface area contributed by atoms with Crippen molar-refractivity contribution in [1.82, 2.24) is 0 Å². The summed E-state index contributed by atoms with van der Waals surface area (Å²) in [4.78, 5) is 24.0. The van der Waals surface area contributed by atoms with E-state index in [0.29, 0.717) is 23.1 Å². The number of nitrogens with one attached hydrogen (secondary N) is 1. The predicted octanol–water partition coefficient (Wildman–Crippen LogP) is 2.97. The number of carbonyl (C=O) groups is 2. The first-order valence-corrected chi connectivity index (χ1v) is 10.0. The summed E-state index contributed by atoms with van der Waals surface area (Å²) in [5.74, 6) is -2.18. The molecule has 2 aromatic carbocycles. The number of carbonyl (C=O) groups excluding carboxylic acids is 2. The summed E-state index contributed by atoms with van der Waals surface area (Å²) in [7, 11) is -3.89. The summed E-state index contributed by atoms with van der Waals surface area (Å²) >= 11 is 5.73. The minimum atomic E-state index is -3.89. The van der Waals surface area contributed by atoms with Crippen LogP contribution < -0.4 is 10.1 Å². The normalized spacial score (nSPS) is 11.0. The molecule has 0 spiro atoms. The first-order valence-electron chi connectivity index (χ1n) is 7.81. The Bertz CT molecular complexity index is 877. The van der Waals surface area contributed by atoms with E-state index in [4.69, 9.17) is 16.3 Å². The second kappa shape index (κ2) is 8.82. The summed E-state index contributed by atoms with van der Waals surface area (Å²) in [5, 5.41) is 2.93. The first kappa shape index (κ1) is 19.9. The van der Waals surface area contributed by atoms with Gasteiger partial charge in [0, 0.05) is 16.3 Å². The Labute approximate surface area is 157 Å². The second-order valence-electron chi connectivity index (χ2n) is 5.47. The van der Waals surface area contributed by atoms with Gasteiger partial charge in [-0.3, -0.25) is 9.59 Å². The lowest BCUT2D eigenvalue weighted by molar-refractivity contribution is -0.113. The third-order valence-electron chi connectivity index (χ3n) is 3.32. The van der Waals surface area contributed by atoms with Gasteiger partial charge >= 0.3 is 0 Å². The summed E-state index contributed by atoms with van der Waals surface area (Å²) in [6.07, 6.45) is 0. The first-order chi connectivity index (χ1) is 12.3. The van der Waals surface area contributed by atoms with Crippen LogP contribution in [0.4, 0.5) is 5.69 Å². The Hall–Kier alpha value is -2.38. The molecule has 0 saturated carbocycles. The van der Waals surface area contributed by atoms with E-state index in [1.54, 1.807) is 24.3 Å². The standard InChI is InChI=1S/C18H18ClNO5S/c1-2-25-16-9-7-15(8-10-16)20-18(22)12-26(23,24)11-17(21)13-3-5-14(19)6-4-13/h3-10H,2,11-12H2,1H3,(H,20,22). The van der Waals surface area contributed by atoms with Crippen molar-refractivity contribution in [3.63, 3.8) is 0 Å². The molecule has 1 N–H and O–H groups in total. The van der Waals surface area contributed by atoms with Crippen molar-refractivity contribution < 1.29 is 22.7 Å². The molecule has 6 nitrogen and oxygen atoms in total. The van der Waals surface area contributed by atoms with Gasteiger partial charge in [0.15, 0.2) is 15.6 Å². The van der Waals surface area contributed by atoms with E-state index in [1.807, 2.05) is 6.92 Å². The molecule has 0 aliphatic rings. The van der Waals surface area contributed by atoms with E-state index < -0.39 is 33.0 Å². The van der Waals surface area contributed by atoms with Crippen molar-refractivity contribution >= 4 is 38.8 Å². The average molecular weight is 396 g/mol. The van der Waals surface area contributed by atoms with Gasteiger partial charge in [-0.1, -0.05) is 11.6 Å². The van der Waals surface area contributed by atoms with Crippen molar-refractivity contribution in [2.24, 2.45) is 0 Å². The lowest BCUT2D eigenvalue weighted by Gasteiger charge is -2.08. The van der Waals surface area contributed by atoms with Crippen LogP contribution in [0.25, 0.3) is 0 Å². The quantitative estimate of drug-likeness (QED) is 0.694. The smallest absolute Gasteiger partial charge is 0.239 e. The monoisotopic (exact) mass is 395 g/mol. The summed E-state index contributed by atoms with van der Waals surface area (Å²) in [6.45, 7) is 2.37. The molecule has 0 aliphatic heterocycles. The van der Waals surface area contributed by atoms with Gasteiger partial charge in [0.05, 0.1) is 6.61 Å². The lowest BCUT2D eigenvalue weighted by Crippen LogP contribution is -2.27. The number of benzene rings is 2. The van der Waals surface area contributed by atoms with E-state index in [2.05, 4.69) is 5.32 Å². The molecule has 0 radical (unpaired) electrons. The fourth-order valence-corrected chi connectivity index (χ4v) is 3.43. The van der Waals surface area contributed by atoms with Gasteiger partial charge in [0.2, 0.25) is 5.91 Å². The van der Waals surface area contributed by atoms with Crippen LogP contribution in [0.1, 0.15) is 17.3 Å². The van der Waals surface area contributed by atoms with Gasteiger partial charge in [0.25, 0.3) is 0 Å². The highest BCUT2D eigenvalue weighted by Crippen LogP contribution is 2.16. The highest BCUT2D eigenvalue weighted by Gasteiger charge is 2.21. The number of ketones is 1. The van der Waals surface area contributed by atoms with Gasteiger partial charge in [-0.2, -0.15) is 0 Å². The van der Waals surface area contributed by atoms with Crippen LogP contribution >= 0.6 is 11.6 Å². The largest absolute Gasteiger partial charge is 0.494 e. The summed E-state index contributed by atoms with van der Waals surface area (Å²) in [5.41, 5.74) is 0.669. The molecular formula is C18H18ClNO5S. The maximum Gasteiger partial charge on any atom is 0.239 e. The van der Waals surface area contributed by atoms with Crippen LogP contribution in [-0.2, 0) is 14.6 Å². The van der Waals surface area contributed by atoms with Crippen molar-refractivity contribution in [1.29, 1.82) is 0 Å². The minimum Gasteiger partial charge on any atom is -0.494 e. The number of ether oxygens (including phenoxy) is 1. The molecular weight excluding hydrogens is 378 g/mol. The Morgan fingerprint density at radius 3 is 2.19 bits per heavy atom. The van der Waals surface area contributed by atoms with Crippen LogP contribution in [0.15, 0.2) is 48.5 Å². The number of amides is 1. The molecule has 0 aliphatic carbocycles. The lowest BCUT2D eigenvalue weighted by atomic mass is 10.1.